The number of pyridine rings is 1. The molecule has 0 aromatic carbocycles. The van der Waals surface area contributed by atoms with E-state index >= 15 is 0 Å². The van der Waals surface area contributed by atoms with Gasteiger partial charge < -0.3 is 4.74 Å². The monoisotopic (exact) mass is 406 g/mol. The van der Waals surface area contributed by atoms with Crippen molar-refractivity contribution in [1.82, 2.24) is 9.88 Å². The number of aromatic nitrogens is 1. The summed E-state index contributed by atoms with van der Waals surface area (Å²) >= 11 is 5.40. The van der Waals surface area contributed by atoms with E-state index in [1.807, 2.05) is 23.6 Å². The van der Waals surface area contributed by atoms with E-state index < -0.39 is 0 Å². The van der Waals surface area contributed by atoms with Gasteiger partial charge in [0.2, 0.25) is 0 Å². The number of hydrogen-bond acceptors (Lipinski definition) is 4. The third-order valence-corrected chi connectivity index (χ3v) is 7.07. The maximum atomic E-state index is 6.37. The van der Waals surface area contributed by atoms with Crippen LogP contribution in [0.25, 0.3) is 0 Å². The molecule has 2 aromatic heterocycles. The second kappa shape index (κ2) is 6.87. The lowest BCUT2D eigenvalue weighted by molar-refractivity contribution is -0.0981. The summed E-state index contributed by atoms with van der Waals surface area (Å²) in [7, 11) is 0. The summed E-state index contributed by atoms with van der Waals surface area (Å²) in [4.78, 5) is 9.95. The van der Waals surface area contributed by atoms with Crippen molar-refractivity contribution in [2.75, 3.05) is 19.7 Å². The number of nitrogens with zero attached hydrogens (tertiary/aromatic N) is 2. The minimum Gasteiger partial charge on any atom is -0.370 e. The van der Waals surface area contributed by atoms with Crippen molar-refractivity contribution in [3.63, 3.8) is 0 Å². The van der Waals surface area contributed by atoms with E-state index in [-0.39, 0.29) is 5.60 Å². The number of fused-ring (bicyclic) bond motifs is 2. The fourth-order valence-electron chi connectivity index (χ4n) is 3.89. The van der Waals surface area contributed by atoms with Gasteiger partial charge in [-0.05, 0) is 58.5 Å². The Morgan fingerprint density at radius 3 is 2.88 bits per heavy atom. The molecule has 24 heavy (non-hydrogen) atoms. The Hall–Kier alpha value is -0.750. The maximum absolute atomic E-state index is 6.37. The van der Waals surface area contributed by atoms with Gasteiger partial charge in [-0.3, -0.25) is 4.90 Å². The Bertz CT molecular complexity index is 705. The van der Waals surface area contributed by atoms with Gasteiger partial charge in [0.05, 0.1) is 12.2 Å². The average molecular weight is 407 g/mol. The summed E-state index contributed by atoms with van der Waals surface area (Å²) < 4.78 is 7.27. The summed E-state index contributed by atoms with van der Waals surface area (Å²) in [5.74, 6) is 0. The molecular formula is C19H23BrN2OS. The topological polar surface area (TPSA) is 25.4 Å². The molecule has 0 saturated carbocycles. The first kappa shape index (κ1) is 16.7. The van der Waals surface area contributed by atoms with Crippen LogP contribution in [0.1, 0.15) is 40.6 Å². The van der Waals surface area contributed by atoms with Crippen molar-refractivity contribution in [2.45, 2.75) is 44.8 Å². The van der Waals surface area contributed by atoms with E-state index in [0.29, 0.717) is 0 Å². The Labute approximate surface area is 156 Å². The van der Waals surface area contributed by atoms with Crippen LogP contribution in [0.4, 0.5) is 0 Å². The molecule has 0 bridgehead atoms. The van der Waals surface area contributed by atoms with Gasteiger partial charge in [0.15, 0.2) is 0 Å². The van der Waals surface area contributed by atoms with Crippen LogP contribution in [0.3, 0.4) is 0 Å². The summed E-state index contributed by atoms with van der Waals surface area (Å²) in [5.41, 5.74) is 2.76. The molecule has 1 saturated heterocycles. The molecule has 0 unspecified atom stereocenters. The second-order valence-electron chi connectivity index (χ2n) is 6.76. The Kier molecular flexibility index (Phi) is 4.78. The second-order valence-corrected chi connectivity index (χ2v) is 8.79. The van der Waals surface area contributed by atoms with Crippen LogP contribution in [0.15, 0.2) is 29.0 Å². The Balaban J connectivity index is 1.46. The zero-order valence-corrected chi connectivity index (χ0v) is 16.5. The molecule has 0 aliphatic carbocycles. The zero-order valence-electron chi connectivity index (χ0n) is 14.1. The van der Waals surface area contributed by atoms with Crippen molar-refractivity contribution in [2.24, 2.45) is 0 Å². The molecule has 1 spiro atoms. The van der Waals surface area contributed by atoms with Crippen LogP contribution in [0.2, 0.25) is 0 Å². The minimum absolute atomic E-state index is 0.0219. The van der Waals surface area contributed by atoms with Gasteiger partial charge in [0, 0.05) is 42.0 Å². The first-order chi connectivity index (χ1) is 11.7. The van der Waals surface area contributed by atoms with Crippen LogP contribution in [0, 0.1) is 0 Å². The van der Waals surface area contributed by atoms with Gasteiger partial charge in [0.1, 0.15) is 4.60 Å². The van der Waals surface area contributed by atoms with Crippen LogP contribution in [0.5, 0.6) is 0 Å². The highest BCUT2D eigenvalue weighted by molar-refractivity contribution is 9.10. The average Bonchev–Trinajstić information content (AvgIpc) is 3.04. The molecule has 0 amide bonds. The van der Waals surface area contributed by atoms with E-state index in [0.717, 1.165) is 56.5 Å². The molecule has 4 rings (SSSR count). The highest BCUT2D eigenvalue weighted by Crippen LogP contribution is 2.44. The van der Waals surface area contributed by atoms with E-state index in [9.17, 15) is 0 Å². The lowest BCUT2D eigenvalue weighted by atomic mass is 9.82. The number of piperidine rings is 1. The first-order valence-electron chi connectivity index (χ1n) is 8.77. The van der Waals surface area contributed by atoms with Crippen LogP contribution in [-0.4, -0.2) is 29.6 Å². The molecule has 0 N–H and O–H groups in total. The molecule has 1 fully saturated rings. The fraction of sp³-hybridized carbons (Fsp3) is 0.526. The van der Waals surface area contributed by atoms with Gasteiger partial charge in [-0.15, -0.1) is 11.3 Å². The quantitative estimate of drug-likeness (QED) is 0.699. The SMILES string of the molecule is CCc1cc2c(s1)CCOC21CCN(Cc2ccc(Br)nc2)CC1. The predicted molar refractivity (Wildman–Crippen MR) is 101 cm³/mol. The molecule has 2 aromatic rings. The number of aryl methyl sites for hydroxylation is 1. The lowest BCUT2D eigenvalue weighted by Crippen LogP contribution is -2.45. The largest absolute Gasteiger partial charge is 0.370 e. The number of thiophene rings is 1. The lowest BCUT2D eigenvalue weighted by Gasteiger charge is -2.44. The molecule has 4 heterocycles. The van der Waals surface area contributed by atoms with Gasteiger partial charge in [-0.2, -0.15) is 0 Å². The molecule has 2 aliphatic heterocycles. The molecule has 0 atom stereocenters. The third-order valence-electron chi connectivity index (χ3n) is 5.27. The highest BCUT2D eigenvalue weighted by atomic mass is 79.9. The van der Waals surface area contributed by atoms with Gasteiger partial charge in [-0.1, -0.05) is 13.0 Å². The minimum atomic E-state index is -0.0219. The number of hydrogen-bond donors (Lipinski definition) is 0. The molecule has 3 nitrogen and oxygen atoms in total. The van der Waals surface area contributed by atoms with Crippen molar-refractivity contribution in [1.29, 1.82) is 0 Å². The number of likely N-dealkylation sites (tertiary alicyclic amines) is 1. The fourth-order valence-corrected chi connectivity index (χ4v) is 5.30. The number of ether oxygens (including phenoxy) is 1. The summed E-state index contributed by atoms with van der Waals surface area (Å²) in [5, 5.41) is 0. The van der Waals surface area contributed by atoms with Crippen LogP contribution >= 0.6 is 27.3 Å². The summed E-state index contributed by atoms with van der Waals surface area (Å²) in [6, 6.07) is 6.60. The molecule has 2 aliphatic rings. The Morgan fingerprint density at radius 1 is 1.33 bits per heavy atom. The zero-order chi connectivity index (χ0) is 16.6. The van der Waals surface area contributed by atoms with Crippen molar-refractivity contribution >= 4 is 27.3 Å². The molecule has 128 valence electrons. The molecule has 0 radical (unpaired) electrons. The van der Waals surface area contributed by atoms with Gasteiger partial charge in [0.25, 0.3) is 0 Å². The van der Waals surface area contributed by atoms with Crippen molar-refractivity contribution in [3.05, 3.63) is 49.9 Å². The maximum Gasteiger partial charge on any atom is 0.106 e. The smallest absolute Gasteiger partial charge is 0.106 e. The van der Waals surface area contributed by atoms with E-state index in [1.54, 1.807) is 4.88 Å². The predicted octanol–water partition coefficient (Wildman–Crippen LogP) is 4.53. The normalized spacial score (nSPS) is 20.2. The third kappa shape index (κ3) is 3.19. The highest BCUT2D eigenvalue weighted by Gasteiger charge is 2.41. The number of rotatable bonds is 3. The van der Waals surface area contributed by atoms with Crippen LogP contribution in [-0.2, 0) is 29.7 Å². The van der Waals surface area contributed by atoms with Crippen molar-refractivity contribution in [3.8, 4) is 0 Å². The van der Waals surface area contributed by atoms with E-state index in [4.69, 9.17) is 4.74 Å². The molecule has 5 heteroatoms. The van der Waals surface area contributed by atoms with Crippen LogP contribution < -0.4 is 0 Å². The van der Waals surface area contributed by atoms with Crippen molar-refractivity contribution < 1.29 is 4.74 Å². The van der Waals surface area contributed by atoms with E-state index in [2.05, 4.69) is 44.9 Å². The van der Waals surface area contributed by atoms with E-state index in [1.165, 1.54) is 16.0 Å². The molecular weight excluding hydrogens is 384 g/mol. The summed E-state index contributed by atoms with van der Waals surface area (Å²) in [6.45, 7) is 6.29. The summed E-state index contributed by atoms with van der Waals surface area (Å²) in [6.07, 6.45) is 6.40. The van der Waals surface area contributed by atoms with Gasteiger partial charge in [-0.25, -0.2) is 4.98 Å². The van der Waals surface area contributed by atoms with Gasteiger partial charge >= 0.3 is 0 Å². The Morgan fingerprint density at radius 2 is 2.17 bits per heavy atom. The number of halogens is 1. The first-order valence-corrected chi connectivity index (χ1v) is 10.4. The standard InChI is InChI=1S/C19H23BrN2OS/c1-2-15-11-16-17(24-15)5-10-23-19(16)6-8-22(9-7-19)13-14-3-4-18(20)21-12-14/h3-4,11-12H,2,5-10,13H2,1H3.